The number of hydrogen-bond acceptors (Lipinski definition) is 6. The van der Waals surface area contributed by atoms with E-state index in [9.17, 15) is 24.5 Å². The van der Waals surface area contributed by atoms with Gasteiger partial charge >= 0.3 is 0 Å². The van der Waals surface area contributed by atoms with Gasteiger partial charge in [-0.15, -0.1) is 0 Å². The lowest BCUT2D eigenvalue weighted by atomic mass is 9.85. The van der Waals surface area contributed by atoms with Crippen molar-refractivity contribution in [2.45, 2.75) is 6.42 Å². The van der Waals surface area contributed by atoms with E-state index in [1.807, 2.05) is 0 Å². The number of nitro groups is 1. The summed E-state index contributed by atoms with van der Waals surface area (Å²) in [5, 5.41) is 13.5. The number of nitro benzene ring substituents is 1. The van der Waals surface area contributed by atoms with Crippen LogP contribution in [0.4, 0.5) is 17.1 Å². The maximum atomic E-state index is 13.0. The molecule has 5 rings (SSSR count). The maximum absolute atomic E-state index is 13.0. The Bertz CT molecular complexity index is 1250. The quantitative estimate of drug-likeness (QED) is 0.232. The van der Waals surface area contributed by atoms with E-state index in [1.165, 1.54) is 36.3 Å². The summed E-state index contributed by atoms with van der Waals surface area (Å²) in [7, 11) is 1.35. The number of carbonyl (C=O) groups excluding carboxylic acids is 3. The molecule has 2 fully saturated rings. The highest BCUT2D eigenvalue weighted by atomic mass is 16.6. The molecule has 1 saturated heterocycles. The van der Waals surface area contributed by atoms with Gasteiger partial charge in [0.25, 0.3) is 5.69 Å². The van der Waals surface area contributed by atoms with Gasteiger partial charge in [0.2, 0.25) is 17.7 Å². The normalized spacial score (nSPS) is 24.7. The summed E-state index contributed by atoms with van der Waals surface area (Å²) < 4.78 is 5.13. The van der Waals surface area contributed by atoms with Crippen molar-refractivity contribution in [1.29, 1.82) is 0 Å². The lowest BCUT2D eigenvalue weighted by molar-refractivity contribution is -0.384. The number of fused-ring (bicyclic) bond motifs is 5. The third kappa shape index (κ3) is 3.55. The van der Waals surface area contributed by atoms with Crippen LogP contribution in [0, 0.1) is 33.8 Å². The van der Waals surface area contributed by atoms with Gasteiger partial charge in [-0.2, -0.15) is 0 Å². The van der Waals surface area contributed by atoms with Crippen LogP contribution in [0.25, 0.3) is 6.08 Å². The first-order valence-corrected chi connectivity index (χ1v) is 10.8. The Kier molecular flexibility index (Phi) is 5.24. The fraction of sp³-hybridized carbons (Fsp3) is 0.240. The second kappa shape index (κ2) is 8.26. The van der Waals surface area contributed by atoms with Gasteiger partial charge < -0.3 is 10.1 Å². The summed E-state index contributed by atoms with van der Waals surface area (Å²) in [6.07, 6.45) is 7.84. The maximum Gasteiger partial charge on any atom is 0.273 e. The van der Waals surface area contributed by atoms with Crippen molar-refractivity contribution in [2.75, 3.05) is 17.3 Å². The largest absolute Gasteiger partial charge is 0.494 e. The lowest BCUT2D eigenvalue weighted by Gasteiger charge is -2.17. The molecule has 1 heterocycles. The standard InChI is InChI=1S/C25H21N3O6/c1-34-20-13-18(28(32)33)8-9-19(20)26-21(29)10-5-14-3-2-4-17(11-14)27-24(30)22-15-6-7-16(12-15)23(22)25(27)31/h2-11,13,15-16,22-23H,12H2,1H3,(H,26,29). The fourth-order valence-corrected chi connectivity index (χ4v) is 5.17. The van der Waals surface area contributed by atoms with Crippen molar-refractivity contribution in [3.8, 4) is 5.75 Å². The molecule has 4 unspecified atom stereocenters. The summed E-state index contributed by atoms with van der Waals surface area (Å²) in [6.45, 7) is 0. The van der Waals surface area contributed by atoms with E-state index in [2.05, 4.69) is 17.5 Å². The molecule has 0 radical (unpaired) electrons. The van der Waals surface area contributed by atoms with Gasteiger partial charge in [-0.25, -0.2) is 4.90 Å². The molecule has 1 N–H and O–H groups in total. The monoisotopic (exact) mass is 459 g/mol. The summed E-state index contributed by atoms with van der Waals surface area (Å²) in [5.74, 6) is -0.888. The molecule has 4 atom stereocenters. The molecular formula is C25H21N3O6. The number of non-ortho nitro benzene ring substituents is 1. The number of hydrogen-bond donors (Lipinski definition) is 1. The summed E-state index contributed by atoms with van der Waals surface area (Å²) in [5.41, 5.74) is 1.27. The number of benzene rings is 2. The summed E-state index contributed by atoms with van der Waals surface area (Å²) in [4.78, 5) is 50.1. The van der Waals surface area contributed by atoms with Crippen LogP contribution in [0.15, 0.2) is 60.7 Å². The first kappa shape index (κ1) is 21.6. The third-order valence-corrected chi connectivity index (χ3v) is 6.68. The van der Waals surface area contributed by atoms with Crippen LogP contribution in [0.1, 0.15) is 12.0 Å². The number of nitrogens with zero attached hydrogens (tertiary/aromatic N) is 2. The van der Waals surface area contributed by atoms with Crippen LogP contribution in [0.5, 0.6) is 5.75 Å². The van der Waals surface area contributed by atoms with Crippen LogP contribution in [-0.4, -0.2) is 29.8 Å². The van der Waals surface area contributed by atoms with Crippen LogP contribution < -0.4 is 15.0 Å². The minimum absolute atomic E-state index is 0.139. The van der Waals surface area contributed by atoms with Crippen molar-refractivity contribution in [1.82, 2.24) is 0 Å². The van der Waals surface area contributed by atoms with Crippen LogP contribution in [0.3, 0.4) is 0 Å². The SMILES string of the molecule is COc1cc([N+](=O)[O-])ccc1NC(=O)C=Cc1cccc(N2C(=O)C3C4C=CC(C4)C3C2=O)c1. The molecule has 9 heteroatoms. The minimum Gasteiger partial charge on any atom is -0.494 e. The molecule has 172 valence electrons. The van der Waals surface area contributed by atoms with Gasteiger partial charge in [-0.3, -0.25) is 24.5 Å². The Morgan fingerprint density at radius 3 is 2.47 bits per heavy atom. The molecule has 2 bridgehead atoms. The zero-order valence-corrected chi connectivity index (χ0v) is 18.2. The Hall–Kier alpha value is -4.27. The average molecular weight is 459 g/mol. The lowest BCUT2D eigenvalue weighted by Crippen LogP contribution is -2.32. The van der Waals surface area contributed by atoms with E-state index < -0.39 is 10.8 Å². The zero-order valence-electron chi connectivity index (χ0n) is 18.2. The number of ether oxygens (including phenoxy) is 1. The summed E-state index contributed by atoms with van der Waals surface area (Å²) in [6, 6.07) is 10.8. The molecule has 3 amide bonds. The van der Waals surface area contributed by atoms with Crippen molar-refractivity contribution in [2.24, 2.45) is 23.7 Å². The average Bonchev–Trinajstić information content (AvgIpc) is 3.51. The van der Waals surface area contributed by atoms with Crippen molar-refractivity contribution >= 4 is 40.9 Å². The van der Waals surface area contributed by atoms with Crippen molar-refractivity contribution in [3.05, 3.63) is 76.4 Å². The van der Waals surface area contributed by atoms with E-state index in [-0.39, 0.29) is 46.9 Å². The number of methoxy groups -OCH3 is 1. The highest BCUT2D eigenvalue weighted by Crippen LogP contribution is 2.53. The Balaban J connectivity index is 1.31. The fourth-order valence-electron chi connectivity index (χ4n) is 5.17. The van der Waals surface area contributed by atoms with Gasteiger partial charge in [0.05, 0.1) is 41.3 Å². The highest BCUT2D eigenvalue weighted by Gasteiger charge is 2.59. The molecule has 9 nitrogen and oxygen atoms in total. The summed E-state index contributed by atoms with van der Waals surface area (Å²) >= 11 is 0. The van der Waals surface area contributed by atoms with Crippen LogP contribution >= 0.6 is 0 Å². The van der Waals surface area contributed by atoms with Crippen LogP contribution in [0.2, 0.25) is 0 Å². The number of carbonyl (C=O) groups is 3. The molecule has 1 aliphatic heterocycles. The molecule has 2 aromatic carbocycles. The van der Waals surface area contributed by atoms with E-state index in [4.69, 9.17) is 4.74 Å². The Morgan fingerprint density at radius 1 is 1.12 bits per heavy atom. The third-order valence-electron chi connectivity index (χ3n) is 6.68. The molecule has 0 aromatic heterocycles. The van der Waals surface area contributed by atoms with Crippen molar-refractivity contribution in [3.63, 3.8) is 0 Å². The number of allylic oxidation sites excluding steroid dienone is 2. The smallest absolute Gasteiger partial charge is 0.273 e. The molecule has 2 aromatic rings. The number of nitrogens with one attached hydrogen (secondary N) is 1. The van der Waals surface area contributed by atoms with Crippen molar-refractivity contribution < 1.29 is 24.0 Å². The first-order valence-electron chi connectivity index (χ1n) is 10.8. The molecule has 1 saturated carbocycles. The second-order valence-electron chi connectivity index (χ2n) is 8.57. The predicted molar refractivity (Wildman–Crippen MR) is 124 cm³/mol. The number of imide groups is 1. The first-order chi connectivity index (χ1) is 16.4. The predicted octanol–water partition coefficient (Wildman–Crippen LogP) is 3.57. The van der Waals surface area contributed by atoms with Gasteiger partial charge in [0.1, 0.15) is 5.75 Å². The van der Waals surface area contributed by atoms with Crippen LogP contribution in [-0.2, 0) is 14.4 Å². The molecular weight excluding hydrogens is 438 g/mol. The van der Waals surface area contributed by atoms with E-state index in [0.29, 0.717) is 16.9 Å². The molecule has 34 heavy (non-hydrogen) atoms. The Labute approximate surface area is 194 Å². The van der Waals surface area contributed by atoms with E-state index >= 15 is 0 Å². The van der Waals surface area contributed by atoms with Gasteiger partial charge in [-0.05, 0) is 48.1 Å². The molecule has 3 aliphatic rings. The molecule has 0 spiro atoms. The Morgan fingerprint density at radius 2 is 1.82 bits per heavy atom. The van der Waals surface area contributed by atoms with Gasteiger partial charge in [-0.1, -0.05) is 24.3 Å². The number of amides is 3. The number of anilines is 2. The zero-order chi connectivity index (χ0) is 24.0. The number of rotatable bonds is 6. The van der Waals surface area contributed by atoms with E-state index in [1.54, 1.807) is 30.3 Å². The second-order valence-corrected chi connectivity index (χ2v) is 8.57. The highest BCUT2D eigenvalue weighted by molar-refractivity contribution is 6.23. The van der Waals surface area contributed by atoms with Gasteiger partial charge in [0.15, 0.2) is 0 Å². The molecule has 2 aliphatic carbocycles. The van der Waals surface area contributed by atoms with Gasteiger partial charge in [0, 0.05) is 12.1 Å². The topological polar surface area (TPSA) is 119 Å². The van der Waals surface area contributed by atoms with E-state index in [0.717, 1.165) is 6.42 Å². The minimum atomic E-state index is -0.550.